The number of para-hydroxylation sites is 1. The normalized spacial score (nSPS) is 40.3. The lowest BCUT2D eigenvalue weighted by molar-refractivity contribution is -0.136. The quantitative estimate of drug-likeness (QED) is 0.838. The van der Waals surface area contributed by atoms with Crippen LogP contribution in [0.5, 0.6) is 0 Å². The number of rotatable bonds is 1. The first-order valence-corrected chi connectivity index (χ1v) is 9.00. The van der Waals surface area contributed by atoms with Gasteiger partial charge < -0.3 is 10.4 Å². The molecule has 1 heterocycles. The molecule has 4 bridgehead atoms. The third kappa shape index (κ3) is 2.11. The standard InChI is InChI=1S/C19H24N2O2/c22-18(21-6-5-13-3-1-2-4-16(13)21)20-17-14-7-12-8-15(17)11-19(23,9-12)10-14/h1-4,12,14-15,17,23H,5-11H2,(H,20,22). The Morgan fingerprint density at radius 2 is 1.91 bits per heavy atom. The molecule has 2 N–H and O–H groups in total. The molecule has 5 aliphatic rings. The molecule has 0 radical (unpaired) electrons. The zero-order valence-electron chi connectivity index (χ0n) is 13.4. The van der Waals surface area contributed by atoms with Crippen LogP contribution in [-0.4, -0.2) is 29.3 Å². The number of carbonyl (C=O) groups excluding carboxylic acids is 1. The number of aliphatic hydroxyl groups is 1. The van der Waals surface area contributed by atoms with Crippen LogP contribution in [0.3, 0.4) is 0 Å². The van der Waals surface area contributed by atoms with E-state index >= 15 is 0 Å². The van der Waals surface area contributed by atoms with Crippen LogP contribution in [0, 0.1) is 17.8 Å². The molecule has 4 fully saturated rings. The number of nitrogens with zero attached hydrogens (tertiary/aromatic N) is 1. The van der Waals surface area contributed by atoms with Crippen molar-refractivity contribution < 1.29 is 9.90 Å². The number of nitrogens with one attached hydrogen (secondary N) is 1. The third-order valence-corrected chi connectivity index (χ3v) is 6.66. The van der Waals surface area contributed by atoms with Gasteiger partial charge in [-0.05, 0) is 67.9 Å². The molecule has 4 aliphatic carbocycles. The first-order chi connectivity index (χ1) is 11.1. The number of fused-ring (bicyclic) bond motifs is 1. The average molecular weight is 312 g/mol. The molecule has 1 aromatic rings. The van der Waals surface area contributed by atoms with Gasteiger partial charge in [-0.1, -0.05) is 18.2 Å². The number of benzene rings is 1. The fourth-order valence-corrected chi connectivity index (χ4v) is 5.99. The largest absolute Gasteiger partial charge is 0.390 e. The van der Waals surface area contributed by atoms with E-state index in [-0.39, 0.29) is 12.1 Å². The van der Waals surface area contributed by atoms with Crippen molar-refractivity contribution >= 4 is 11.7 Å². The molecule has 0 aromatic heterocycles. The van der Waals surface area contributed by atoms with Crippen LogP contribution in [0.1, 0.15) is 37.7 Å². The van der Waals surface area contributed by atoms with Gasteiger partial charge >= 0.3 is 6.03 Å². The van der Waals surface area contributed by atoms with Crippen LogP contribution in [0.25, 0.3) is 0 Å². The Morgan fingerprint density at radius 3 is 2.65 bits per heavy atom. The molecule has 1 aliphatic heterocycles. The molecule has 0 saturated heterocycles. The summed E-state index contributed by atoms with van der Waals surface area (Å²) in [5.41, 5.74) is 1.90. The molecular formula is C19H24N2O2. The number of amides is 2. The number of carbonyl (C=O) groups is 1. The molecular weight excluding hydrogens is 288 g/mol. The van der Waals surface area contributed by atoms with Gasteiger partial charge in [0.2, 0.25) is 0 Å². The van der Waals surface area contributed by atoms with Crippen LogP contribution < -0.4 is 10.2 Å². The number of hydrogen-bond acceptors (Lipinski definition) is 2. The van der Waals surface area contributed by atoms with Crippen molar-refractivity contribution in [1.29, 1.82) is 0 Å². The molecule has 2 unspecified atom stereocenters. The second-order valence-electron chi connectivity index (χ2n) is 8.20. The van der Waals surface area contributed by atoms with Gasteiger partial charge in [-0.2, -0.15) is 0 Å². The maximum absolute atomic E-state index is 12.8. The highest BCUT2D eigenvalue weighted by Crippen LogP contribution is 2.55. The number of urea groups is 1. The van der Waals surface area contributed by atoms with Gasteiger partial charge in [-0.15, -0.1) is 0 Å². The zero-order chi connectivity index (χ0) is 15.6. The van der Waals surface area contributed by atoms with Crippen molar-refractivity contribution in [1.82, 2.24) is 5.32 Å². The second kappa shape index (κ2) is 4.73. The summed E-state index contributed by atoms with van der Waals surface area (Å²) in [6.07, 6.45) is 6.05. The molecule has 122 valence electrons. The summed E-state index contributed by atoms with van der Waals surface area (Å²) >= 11 is 0. The lowest BCUT2D eigenvalue weighted by atomic mass is 9.52. The second-order valence-corrected chi connectivity index (χ2v) is 8.20. The van der Waals surface area contributed by atoms with E-state index in [0.29, 0.717) is 17.8 Å². The van der Waals surface area contributed by atoms with Crippen molar-refractivity contribution in [3.05, 3.63) is 29.8 Å². The molecule has 2 atom stereocenters. The molecule has 23 heavy (non-hydrogen) atoms. The molecule has 4 heteroatoms. The van der Waals surface area contributed by atoms with Gasteiger partial charge in [-0.3, -0.25) is 4.90 Å². The molecule has 0 spiro atoms. The predicted octanol–water partition coefficient (Wildman–Crippen LogP) is 2.70. The predicted molar refractivity (Wildman–Crippen MR) is 88.3 cm³/mol. The topological polar surface area (TPSA) is 52.6 Å². The Bertz CT molecular complexity index is 643. The first kappa shape index (κ1) is 13.8. The maximum Gasteiger partial charge on any atom is 0.322 e. The summed E-state index contributed by atoms with van der Waals surface area (Å²) in [7, 11) is 0. The first-order valence-electron chi connectivity index (χ1n) is 9.00. The van der Waals surface area contributed by atoms with Gasteiger partial charge in [0.25, 0.3) is 0 Å². The molecule has 4 nitrogen and oxygen atoms in total. The lowest BCUT2D eigenvalue weighted by Gasteiger charge is -2.58. The van der Waals surface area contributed by atoms with Crippen LogP contribution >= 0.6 is 0 Å². The summed E-state index contributed by atoms with van der Waals surface area (Å²) in [6, 6.07) is 8.51. The molecule has 4 saturated carbocycles. The van der Waals surface area contributed by atoms with E-state index in [1.807, 2.05) is 23.1 Å². The Labute approximate surface area is 136 Å². The highest BCUT2D eigenvalue weighted by Gasteiger charge is 2.55. The van der Waals surface area contributed by atoms with E-state index in [0.717, 1.165) is 37.9 Å². The Kier molecular flexibility index (Phi) is 2.85. The number of hydrogen-bond donors (Lipinski definition) is 2. The Hall–Kier alpha value is -1.55. The van der Waals surface area contributed by atoms with Crippen molar-refractivity contribution in [2.75, 3.05) is 11.4 Å². The van der Waals surface area contributed by atoms with E-state index < -0.39 is 5.60 Å². The third-order valence-electron chi connectivity index (χ3n) is 6.66. The van der Waals surface area contributed by atoms with E-state index in [9.17, 15) is 9.90 Å². The van der Waals surface area contributed by atoms with Gasteiger partial charge in [0.05, 0.1) is 5.60 Å². The molecule has 6 rings (SSSR count). The fourth-order valence-electron chi connectivity index (χ4n) is 5.99. The maximum atomic E-state index is 12.8. The van der Waals surface area contributed by atoms with Gasteiger partial charge in [0.15, 0.2) is 0 Å². The zero-order valence-corrected chi connectivity index (χ0v) is 13.4. The van der Waals surface area contributed by atoms with Crippen molar-refractivity contribution in [2.24, 2.45) is 17.8 Å². The average Bonchev–Trinajstić information content (AvgIpc) is 2.93. The van der Waals surface area contributed by atoms with Crippen LogP contribution in [-0.2, 0) is 6.42 Å². The van der Waals surface area contributed by atoms with Gasteiger partial charge in [0, 0.05) is 18.3 Å². The highest BCUT2D eigenvalue weighted by molar-refractivity contribution is 5.94. The lowest BCUT2D eigenvalue weighted by Crippen LogP contribution is -2.62. The Balaban J connectivity index is 1.34. The smallest absolute Gasteiger partial charge is 0.322 e. The Morgan fingerprint density at radius 1 is 1.17 bits per heavy atom. The van der Waals surface area contributed by atoms with Crippen LogP contribution in [0.4, 0.5) is 10.5 Å². The minimum atomic E-state index is -0.433. The summed E-state index contributed by atoms with van der Waals surface area (Å²) < 4.78 is 0. The van der Waals surface area contributed by atoms with Crippen LogP contribution in [0.2, 0.25) is 0 Å². The minimum Gasteiger partial charge on any atom is -0.390 e. The van der Waals surface area contributed by atoms with E-state index in [4.69, 9.17) is 0 Å². The monoisotopic (exact) mass is 312 g/mol. The fraction of sp³-hybridized carbons (Fsp3) is 0.632. The van der Waals surface area contributed by atoms with E-state index in [1.54, 1.807) is 0 Å². The highest BCUT2D eigenvalue weighted by atomic mass is 16.3. The molecule has 2 amide bonds. The van der Waals surface area contributed by atoms with Crippen molar-refractivity contribution in [3.8, 4) is 0 Å². The van der Waals surface area contributed by atoms with Crippen molar-refractivity contribution in [3.63, 3.8) is 0 Å². The van der Waals surface area contributed by atoms with Gasteiger partial charge in [-0.25, -0.2) is 4.79 Å². The summed E-state index contributed by atoms with van der Waals surface area (Å²) in [4.78, 5) is 14.7. The SMILES string of the molecule is O=C(NC1C2CC3CC1CC(O)(C3)C2)N1CCc2ccccc21. The number of anilines is 1. The van der Waals surface area contributed by atoms with E-state index in [2.05, 4.69) is 11.4 Å². The summed E-state index contributed by atoms with van der Waals surface area (Å²) in [5.74, 6) is 1.61. The van der Waals surface area contributed by atoms with E-state index in [1.165, 1.54) is 18.4 Å². The summed E-state index contributed by atoms with van der Waals surface area (Å²) in [5, 5.41) is 14.0. The van der Waals surface area contributed by atoms with Crippen molar-refractivity contribution in [2.45, 2.75) is 50.2 Å². The van der Waals surface area contributed by atoms with Crippen LogP contribution in [0.15, 0.2) is 24.3 Å². The molecule has 1 aromatic carbocycles. The summed E-state index contributed by atoms with van der Waals surface area (Å²) in [6.45, 7) is 0.778. The minimum absolute atomic E-state index is 0.0550. The van der Waals surface area contributed by atoms with Gasteiger partial charge in [0.1, 0.15) is 0 Å².